The van der Waals surface area contributed by atoms with Gasteiger partial charge in [-0.2, -0.15) is 4.31 Å². The van der Waals surface area contributed by atoms with Crippen LogP contribution in [0.1, 0.15) is 6.92 Å². The van der Waals surface area contributed by atoms with Crippen molar-refractivity contribution in [1.29, 1.82) is 0 Å². The highest BCUT2D eigenvalue weighted by molar-refractivity contribution is 7.89. The molecule has 0 aromatic rings. The number of hydrogen-bond donors (Lipinski definition) is 0. The van der Waals surface area contributed by atoms with Crippen molar-refractivity contribution in [3.8, 4) is 0 Å². The van der Waals surface area contributed by atoms with Gasteiger partial charge in [0.1, 0.15) is 0 Å². The summed E-state index contributed by atoms with van der Waals surface area (Å²) in [6, 6.07) is 0. The van der Waals surface area contributed by atoms with E-state index >= 15 is 0 Å². The lowest BCUT2D eigenvalue weighted by molar-refractivity contribution is -0.493. The first-order valence-corrected chi connectivity index (χ1v) is 5.67. The minimum atomic E-state index is -3.81. The third kappa shape index (κ3) is 2.20. The van der Waals surface area contributed by atoms with Gasteiger partial charge in [0.25, 0.3) is 10.0 Å². The van der Waals surface area contributed by atoms with E-state index in [0.717, 1.165) is 11.2 Å². The SMILES string of the molecule is CC([N+](=O)[O-])S(=O)(=O)N1CCOCC1. The molecule has 0 N–H and O–H groups in total. The second-order valence-electron chi connectivity index (χ2n) is 2.94. The molecule has 0 aliphatic carbocycles. The molecule has 0 saturated carbocycles. The first-order chi connectivity index (χ1) is 6.46. The Kier molecular flexibility index (Phi) is 3.40. The van der Waals surface area contributed by atoms with Crippen LogP contribution in [0.15, 0.2) is 0 Å². The molecule has 1 saturated heterocycles. The maximum Gasteiger partial charge on any atom is 0.321 e. The molecule has 82 valence electrons. The lowest BCUT2D eigenvalue weighted by atomic mass is 10.5. The topological polar surface area (TPSA) is 89.8 Å². The van der Waals surface area contributed by atoms with Crippen molar-refractivity contribution in [3.63, 3.8) is 0 Å². The Hall–Kier alpha value is -0.730. The zero-order chi connectivity index (χ0) is 10.8. The Labute approximate surface area is 81.8 Å². The van der Waals surface area contributed by atoms with E-state index in [-0.39, 0.29) is 13.1 Å². The lowest BCUT2D eigenvalue weighted by Gasteiger charge is -2.25. The van der Waals surface area contributed by atoms with Crippen LogP contribution in [0.2, 0.25) is 0 Å². The van der Waals surface area contributed by atoms with Gasteiger partial charge in [0.05, 0.1) is 13.2 Å². The molecule has 0 aromatic carbocycles. The zero-order valence-electron chi connectivity index (χ0n) is 7.75. The number of nitrogens with zero attached hydrogens (tertiary/aromatic N) is 2. The first kappa shape index (κ1) is 11.3. The fourth-order valence-electron chi connectivity index (χ4n) is 1.13. The summed E-state index contributed by atoms with van der Waals surface area (Å²) in [5.41, 5.74) is 0. The van der Waals surface area contributed by atoms with Crippen molar-refractivity contribution >= 4 is 10.0 Å². The average molecular weight is 224 g/mol. The molecule has 1 aliphatic rings. The van der Waals surface area contributed by atoms with Crippen molar-refractivity contribution in [3.05, 3.63) is 10.1 Å². The van der Waals surface area contributed by atoms with Gasteiger partial charge >= 0.3 is 5.37 Å². The largest absolute Gasteiger partial charge is 0.379 e. The van der Waals surface area contributed by atoms with E-state index in [0.29, 0.717) is 13.2 Å². The lowest BCUT2D eigenvalue weighted by Crippen LogP contribution is -2.46. The van der Waals surface area contributed by atoms with Gasteiger partial charge in [-0.15, -0.1) is 0 Å². The monoisotopic (exact) mass is 224 g/mol. The van der Waals surface area contributed by atoms with E-state index in [9.17, 15) is 18.5 Å². The van der Waals surface area contributed by atoms with Crippen LogP contribution in [0.4, 0.5) is 0 Å². The highest BCUT2D eigenvalue weighted by Crippen LogP contribution is 2.11. The second kappa shape index (κ2) is 4.20. The molecule has 1 heterocycles. The molecule has 14 heavy (non-hydrogen) atoms. The standard InChI is InChI=1S/C6H12N2O5S/c1-6(8(9)10)14(11,12)7-2-4-13-5-3-7/h6H,2-5H2,1H3. The van der Waals surface area contributed by atoms with Crippen LogP contribution in [-0.4, -0.2) is 49.3 Å². The van der Waals surface area contributed by atoms with Crippen LogP contribution in [0.5, 0.6) is 0 Å². The van der Waals surface area contributed by atoms with Gasteiger partial charge < -0.3 is 4.74 Å². The van der Waals surface area contributed by atoms with Gasteiger partial charge in [0, 0.05) is 24.9 Å². The maximum absolute atomic E-state index is 11.6. The average Bonchev–Trinajstić information content (AvgIpc) is 2.18. The molecule has 0 spiro atoms. The fourth-order valence-corrected chi connectivity index (χ4v) is 2.43. The van der Waals surface area contributed by atoms with Crippen LogP contribution in [0, 0.1) is 10.1 Å². The van der Waals surface area contributed by atoms with E-state index in [1.165, 1.54) is 0 Å². The molecule has 1 unspecified atom stereocenters. The fraction of sp³-hybridized carbons (Fsp3) is 1.00. The van der Waals surface area contributed by atoms with E-state index in [1.807, 2.05) is 0 Å². The van der Waals surface area contributed by atoms with Crippen LogP contribution >= 0.6 is 0 Å². The predicted octanol–water partition coefficient (Wildman–Crippen LogP) is -0.729. The minimum Gasteiger partial charge on any atom is -0.379 e. The van der Waals surface area contributed by atoms with Crippen molar-refractivity contribution in [1.82, 2.24) is 4.31 Å². The highest BCUT2D eigenvalue weighted by atomic mass is 32.2. The van der Waals surface area contributed by atoms with Gasteiger partial charge in [-0.1, -0.05) is 0 Å². The number of hydrogen-bond acceptors (Lipinski definition) is 5. The summed E-state index contributed by atoms with van der Waals surface area (Å²) in [5, 5.41) is 8.77. The zero-order valence-corrected chi connectivity index (χ0v) is 8.57. The van der Waals surface area contributed by atoms with Crippen LogP contribution < -0.4 is 0 Å². The van der Waals surface area contributed by atoms with Crippen molar-refractivity contribution in [2.45, 2.75) is 12.3 Å². The summed E-state index contributed by atoms with van der Waals surface area (Å²) < 4.78 is 29.2. The Bertz CT molecular complexity index is 308. The Morgan fingerprint density at radius 2 is 1.93 bits per heavy atom. The smallest absolute Gasteiger partial charge is 0.321 e. The summed E-state index contributed by atoms with van der Waals surface area (Å²) in [6.45, 7) is 2.05. The predicted molar refractivity (Wildman–Crippen MR) is 47.8 cm³/mol. The van der Waals surface area contributed by atoms with E-state index in [2.05, 4.69) is 0 Å². The molecular formula is C6H12N2O5S. The Morgan fingerprint density at radius 1 is 1.43 bits per heavy atom. The molecule has 7 nitrogen and oxygen atoms in total. The summed E-state index contributed by atoms with van der Waals surface area (Å²) in [7, 11) is -3.81. The van der Waals surface area contributed by atoms with Gasteiger partial charge in [0.2, 0.25) is 0 Å². The highest BCUT2D eigenvalue weighted by Gasteiger charge is 2.37. The van der Waals surface area contributed by atoms with Crippen LogP contribution in [0.3, 0.4) is 0 Å². The molecule has 0 radical (unpaired) electrons. The van der Waals surface area contributed by atoms with Crippen LogP contribution in [0.25, 0.3) is 0 Å². The summed E-state index contributed by atoms with van der Waals surface area (Å²) in [6.07, 6.45) is 0. The normalized spacial score (nSPS) is 21.8. The molecule has 0 amide bonds. The number of sulfonamides is 1. The van der Waals surface area contributed by atoms with Crippen molar-refractivity contribution in [2.75, 3.05) is 26.3 Å². The Morgan fingerprint density at radius 3 is 2.36 bits per heavy atom. The van der Waals surface area contributed by atoms with E-state index in [4.69, 9.17) is 4.74 Å². The molecule has 0 aromatic heterocycles. The summed E-state index contributed by atoms with van der Waals surface area (Å²) >= 11 is 0. The molecule has 8 heteroatoms. The number of ether oxygens (including phenoxy) is 1. The second-order valence-corrected chi connectivity index (χ2v) is 5.17. The number of rotatable bonds is 3. The van der Waals surface area contributed by atoms with Gasteiger partial charge in [-0.3, -0.25) is 10.1 Å². The number of nitro groups is 1. The molecular weight excluding hydrogens is 212 g/mol. The quantitative estimate of drug-likeness (QED) is 0.465. The summed E-state index contributed by atoms with van der Waals surface area (Å²) in [4.78, 5) is 9.56. The number of morpholine rings is 1. The van der Waals surface area contributed by atoms with Crippen molar-refractivity contribution in [2.24, 2.45) is 0 Å². The molecule has 0 bridgehead atoms. The molecule has 1 atom stereocenters. The third-order valence-electron chi connectivity index (χ3n) is 2.06. The maximum atomic E-state index is 11.6. The van der Waals surface area contributed by atoms with E-state index in [1.54, 1.807) is 0 Å². The van der Waals surface area contributed by atoms with Gasteiger partial charge in [-0.25, -0.2) is 8.42 Å². The van der Waals surface area contributed by atoms with E-state index < -0.39 is 20.3 Å². The molecule has 1 fully saturated rings. The summed E-state index contributed by atoms with van der Waals surface area (Å²) in [5.74, 6) is 0. The molecule has 1 rings (SSSR count). The van der Waals surface area contributed by atoms with Gasteiger partial charge in [-0.05, 0) is 0 Å². The first-order valence-electron chi connectivity index (χ1n) is 4.16. The Balaban J connectivity index is 2.78. The van der Waals surface area contributed by atoms with Crippen LogP contribution in [-0.2, 0) is 14.8 Å². The van der Waals surface area contributed by atoms with Crippen molar-refractivity contribution < 1.29 is 18.1 Å². The minimum absolute atomic E-state index is 0.195. The molecule has 1 aliphatic heterocycles. The third-order valence-corrected chi connectivity index (χ3v) is 4.18. The van der Waals surface area contributed by atoms with Gasteiger partial charge in [0.15, 0.2) is 0 Å².